The molecule has 0 spiro atoms. The van der Waals surface area contributed by atoms with Crippen molar-refractivity contribution >= 4 is 5.91 Å². The van der Waals surface area contributed by atoms with Crippen LogP contribution in [0.2, 0.25) is 0 Å². The Kier molecular flexibility index (Phi) is 4.78. The van der Waals surface area contributed by atoms with E-state index in [0.717, 1.165) is 0 Å². The first kappa shape index (κ1) is 14.1. The molecular weight excluding hydrogens is 261 g/mol. The van der Waals surface area contributed by atoms with Crippen molar-refractivity contribution in [1.82, 2.24) is 20.3 Å². The average Bonchev–Trinajstić information content (AvgIpc) is 2.90. The molecule has 7 heteroatoms. The highest BCUT2D eigenvalue weighted by molar-refractivity contribution is 5.91. The molecule has 0 atom stereocenters. The average molecular weight is 277 g/mol. The van der Waals surface area contributed by atoms with Crippen LogP contribution in [0, 0.1) is 5.82 Å². The van der Waals surface area contributed by atoms with Crippen molar-refractivity contribution in [1.29, 1.82) is 0 Å². The minimum absolute atomic E-state index is 0.229. The van der Waals surface area contributed by atoms with Crippen LogP contribution in [0.3, 0.4) is 0 Å². The molecule has 0 saturated carbocycles. The molecule has 1 heterocycles. The lowest BCUT2D eigenvalue weighted by molar-refractivity contribution is 0.0949. The van der Waals surface area contributed by atoms with Crippen molar-refractivity contribution in [2.24, 2.45) is 5.73 Å². The molecule has 2 rings (SSSR count). The Bertz CT molecular complexity index is 584. The van der Waals surface area contributed by atoms with Gasteiger partial charge >= 0.3 is 0 Å². The van der Waals surface area contributed by atoms with Gasteiger partial charge in [0.05, 0.1) is 12.7 Å². The number of carbonyl (C=O) groups excluding carboxylic acids is 1. The van der Waals surface area contributed by atoms with Gasteiger partial charge in [-0.2, -0.15) is 0 Å². The maximum absolute atomic E-state index is 13.4. The summed E-state index contributed by atoms with van der Waals surface area (Å²) in [6, 6.07) is 6.49. The molecule has 20 heavy (non-hydrogen) atoms. The molecule has 0 radical (unpaired) electrons. The summed E-state index contributed by atoms with van der Waals surface area (Å²) in [5.41, 5.74) is 6.18. The van der Waals surface area contributed by atoms with Gasteiger partial charge in [0.15, 0.2) is 5.69 Å². The van der Waals surface area contributed by atoms with E-state index in [1.807, 2.05) is 0 Å². The maximum Gasteiger partial charge on any atom is 0.273 e. The first-order valence-electron chi connectivity index (χ1n) is 6.32. The number of nitrogens with zero attached hydrogens (tertiary/aromatic N) is 3. The monoisotopic (exact) mass is 277 g/mol. The first-order chi connectivity index (χ1) is 9.70. The van der Waals surface area contributed by atoms with Crippen LogP contribution in [-0.2, 0) is 13.0 Å². The van der Waals surface area contributed by atoms with Crippen molar-refractivity contribution in [3.8, 4) is 0 Å². The minimum Gasteiger partial charge on any atom is -0.350 e. The van der Waals surface area contributed by atoms with Crippen LogP contribution in [0.25, 0.3) is 0 Å². The summed E-state index contributed by atoms with van der Waals surface area (Å²) in [6.45, 7) is 1.27. The van der Waals surface area contributed by atoms with Crippen molar-refractivity contribution < 1.29 is 9.18 Å². The van der Waals surface area contributed by atoms with Crippen molar-refractivity contribution in [3.63, 3.8) is 0 Å². The zero-order valence-corrected chi connectivity index (χ0v) is 10.9. The van der Waals surface area contributed by atoms with E-state index in [0.29, 0.717) is 31.6 Å². The second-order valence-corrected chi connectivity index (χ2v) is 4.25. The Hall–Kier alpha value is -2.28. The van der Waals surface area contributed by atoms with Crippen LogP contribution in [0.15, 0.2) is 30.5 Å². The molecule has 3 N–H and O–H groups in total. The predicted molar refractivity (Wildman–Crippen MR) is 71.5 cm³/mol. The van der Waals surface area contributed by atoms with E-state index in [9.17, 15) is 9.18 Å². The third-order valence-electron chi connectivity index (χ3n) is 2.77. The summed E-state index contributed by atoms with van der Waals surface area (Å²) in [4.78, 5) is 11.8. The molecule has 106 valence electrons. The summed E-state index contributed by atoms with van der Waals surface area (Å²) in [5, 5.41) is 10.2. The first-order valence-corrected chi connectivity index (χ1v) is 6.32. The Morgan fingerprint density at radius 1 is 1.40 bits per heavy atom. The number of amides is 1. The molecule has 1 amide bonds. The maximum atomic E-state index is 13.4. The Morgan fingerprint density at radius 2 is 2.20 bits per heavy atom. The molecule has 0 bridgehead atoms. The highest BCUT2D eigenvalue weighted by Crippen LogP contribution is 2.06. The van der Waals surface area contributed by atoms with Crippen LogP contribution < -0.4 is 11.1 Å². The molecule has 1 aromatic carbocycles. The molecule has 0 aliphatic heterocycles. The van der Waals surface area contributed by atoms with Crippen LogP contribution in [0.4, 0.5) is 4.39 Å². The zero-order chi connectivity index (χ0) is 14.4. The normalized spacial score (nSPS) is 10.5. The molecule has 2 aromatic rings. The second kappa shape index (κ2) is 6.76. The quantitative estimate of drug-likeness (QED) is 0.797. The third kappa shape index (κ3) is 3.61. The van der Waals surface area contributed by atoms with Gasteiger partial charge in [-0.3, -0.25) is 9.48 Å². The predicted octanol–water partition coefficient (Wildman–Crippen LogP) is 0.348. The number of halogens is 1. The van der Waals surface area contributed by atoms with E-state index in [-0.39, 0.29) is 17.4 Å². The summed E-state index contributed by atoms with van der Waals surface area (Å²) in [7, 11) is 0. The fraction of sp³-hybridized carbons (Fsp3) is 0.308. The number of carbonyl (C=O) groups is 1. The molecular formula is C13H16FN5O. The fourth-order valence-electron chi connectivity index (χ4n) is 1.75. The lowest BCUT2D eigenvalue weighted by atomic mass is 10.1. The van der Waals surface area contributed by atoms with Gasteiger partial charge in [0.2, 0.25) is 0 Å². The lowest BCUT2D eigenvalue weighted by Crippen LogP contribution is -2.26. The van der Waals surface area contributed by atoms with Gasteiger partial charge in [-0.05, 0) is 18.1 Å². The standard InChI is InChI=1S/C13H16FN5O/c14-11-4-2-1-3-10(11)5-7-16-13(20)12-9-19(8-6-15)18-17-12/h1-4,9H,5-8,15H2,(H,16,20). The van der Waals surface area contributed by atoms with Gasteiger partial charge < -0.3 is 11.1 Å². The number of rotatable bonds is 6. The minimum atomic E-state index is -0.329. The zero-order valence-electron chi connectivity index (χ0n) is 10.9. The van der Waals surface area contributed by atoms with E-state index in [1.165, 1.54) is 16.9 Å². The molecule has 0 aliphatic carbocycles. The van der Waals surface area contributed by atoms with E-state index < -0.39 is 0 Å². The summed E-state index contributed by atoms with van der Waals surface area (Å²) < 4.78 is 14.9. The number of hydrogen-bond acceptors (Lipinski definition) is 4. The summed E-state index contributed by atoms with van der Waals surface area (Å²) in [6.07, 6.45) is 1.96. The van der Waals surface area contributed by atoms with Gasteiger partial charge in [-0.25, -0.2) is 4.39 Å². The van der Waals surface area contributed by atoms with Crippen LogP contribution >= 0.6 is 0 Å². The highest BCUT2D eigenvalue weighted by Gasteiger charge is 2.10. The third-order valence-corrected chi connectivity index (χ3v) is 2.77. The van der Waals surface area contributed by atoms with Crippen molar-refractivity contribution in [2.45, 2.75) is 13.0 Å². The Labute approximate surface area is 115 Å². The van der Waals surface area contributed by atoms with Crippen LogP contribution in [0.5, 0.6) is 0 Å². The van der Waals surface area contributed by atoms with Gasteiger partial charge in [-0.1, -0.05) is 23.4 Å². The number of benzene rings is 1. The largest absolute Gasteiger partial charge is 0.350 e. The van der Waals surface area contributed by atoms with Gasteiger partial charge in [0.25, 0.3) is 5.91 Å². The van der Waals surface area contributed by atoms with Crippen molar-refractivity contribution in [2.75, 3.05) is 13.1 Å². The van der Waals surface area contributed by atoms with E-state index in [1.54, 1.807) is 18.2 Å². The van der Waals surface area contributed by atoms with Gasteiger partial charge in [-0.15, -0.1) is 5.10 Å². The molecule has 6 nitrogen and oxygen atoms in total. The second-order valence-electron chi connectivity index (χ2n) is 4.25. The summed E-state index contributed by atoms with van der Waals surface area (Å²) >= 11 is 0. The number of nitrogens with two attached hydrogens (primary N) is 1. The number of hydrogen-bond donors (Lipinski definition) is 2. The smallest absolute Gasteiger partial charge is 0.273 e. The van der Waals surface area contributed by atoms with Crippen LogP contribution in [0.1, 0.15) is 16.1 Å². The SMILES string of the molecule is NCCn1cc(C(=O)NCCc2ccccc2F)nn1. The summed E-state index contributed by atoms with van der Waals surface area (Å²) in [5.74, 6) is -0.597. The molecule has 0 saturated heterocycles. The van der Waals surface area contributed by atoms with E-state index in [4.69, 9.17) is 5.73 Å². The molecule has 0 fully saturated rings. The number of aromatic nitrogens is 3. The number of nitrogens with one attached hydrogen (secondary N) is 1. The molecule has 1 aromatic heterocycles. The fourth-order valence-corrected chi connectivity index (χ4v) is 1.75. The van der Waals surface area contributed by atoms with Crippen LogP contribution in [-0.4, -0.2) is 34.0 Å². The van der Waals surface area contributed by atoms with Gasteiger partial charge in [0.1, 0.15) is 5.82 Å². The van der Waals surface area contributed by atoms with Gasteiger partial charge in [0, 0.05) is 13.1 Å². The topological polar surface area (TPSA) is 85.8 Å². The molecule has 0 aliphatic rings. The van der Waals surface area contributed by atoms with E-state index in [2.05, 4.69) is 15.6 Å². The molecule has 0 unspecified atom stereocenters. The Morgan fingerprint density at radius 3 is 2.95 bits per heavy atom. The van der Waals surface area contributed by atoms with Crippen molar-refractivity contribution in [3.05, 3.63) is 47.5 Å². The lowest BCUT2D eigenvalue weighted by Gasteiger charge is -2.04. The highest BCUT2D eigenvalue weighted by atomic mass is 19.1. The van der Waals surface area contributed by atoms with E-state index >= 15 is 0 Å². The Balaban J connectivity index is 1.84.